The molecular formula is C2H10N2O3S. The highest BCUT2D eigenvalue weighted by atomic mass is 32.2. The zero-order valence-electron chi connectivity index (χ0n) is 4.28. The molecular weight excluding hydrogens is 132 g/mol. The molecule has 6 N–H and O–H groups in total. The van der Waals surface area contributed by atoms with Crippen LogP contribution in [0.2, 0.25) is 0 Å². The molecule has 5 nitrogen and oxygen atoms in total. The van der Waals surface area contributed by atoms with Gasteiger partial charge in [0, 0.05) is 13.1 Å². The van der Waals surface area contributed by atoms with Crippen molar-refractivity contribution in [3.8, 4) is 0 Å². The average Bonchev–Trinajstić information content (AvgIpc) is 1.65. The van der Waals surface area contributed by atoms with E-state index in [-0.39, 0.29) is 0 Å². The molecule has 0 saturated heterocycles. The molecule has 0 spiro atoms. The van der Waals surface area contributed by atoms with E-state index >= 15 is 0 Å². The number of hydrogen-bond donors (Lipinski definition) is 4. The summed E-state index contributed by atoms with van der Waals surface area (Å²) in [6, 6.07) is 0. The zero-order valence-corrected chi connectivity index (χ0v) is 5.10. The van der Waals surface area contributed by atoms with Crippen molar-refractivity contribution < 1.29 is 13.3 Å². The Balaban J connectivity index is 0. The van der Waals surface area contributed by atoms with Gasteiger partial charge in [0.1, 0.15) is 0 Å². The molecule has 0 radical (unpaired) electrons. The number of hydrogen-bond acceptors (Lipinski definition) is 3. The summed E-state index contributed by atoms with van der Waals surface area (Å²) in [6.45, 7) is 1.19. The Morgan fingerprint density at radius 2 is 1.38 bits per heavy atom. The van der Waals surface area contributed by atoms with Crippen molar-refractivity contribution in [1.29, 1.82) is 0 Å². The van der Waals surface area contributed by atoms with Crippen LogP contribution >= 0.6 is 0 Å². The van der Waals surface area contributed by atoms with Crippen LogP contribution in [0.3, 0.4) is 0 Å². The lowest BCUT2D eigenvalue weighted by Crippen LogP contribution is -2.11. The maximum atomic E-state index is 8.67. The van der Waals surface area contributed by atoms with Crippen molar-refractivity contribution in [2.75, 3.05) is 13.1 Å². The molecule has 0 aliphatic carbocycles. The number of nitrogens with two attached hydrogens (primary N) is 2. The maximum absolute atomic E-state index is 8.67. The monoisotopic (exact) mass is 142 g/mol. The van der Waals surface area contributed by atoms with Gasteiger partial charge in [-0.25, -0.2) is 0 Å². The van der Waals surface area contributed by atoms with Crippen molar-refractivity contribution in [2.24, 2.45) is 11.5 Å². The summed E-state index contributed by atoms with van der Waals surface area (Å²) in [5, 5.41) is 0. The minimum atomic E-state index is -2.61. The van der Waals surface area contributed by atoms with Gasteiger partial charge in [-0.2, -0.15) is 4.21 Å². The van der Waals surface area contributed by atoms with E-state index in [4.69, 9.17) is 24.8 Å². The molecule has 52 valence electrons. The highest BCUT2D eigenvalue weighted by Gasteiger charge is 1.62. The van der Waals surface area contributed by atoms with E-state index in [9.17, 15) is 0 Å². The summed E-state index contributed by atoms with van der Waals surface area (Å²) in [5.41, 5.74) is 9.81. The molecule has 0 aromatic carbocycles. The highest BCUT2D eigenvalue weighted by molar-refractivity contribution is 7.73. The van der Waals surface area contributed by atoms with Gasteiger partial charge >= 0.3 is 0 Å². The first-order chi connectivity index (χ1) is 3.65. The van der Waals surface area contributed by atoms with Crippen LogP contribution < -0.4 is 11.5 Å². The third-order valence-electron chi connectivity index (χ3n) is 0.167. The topological polar surface area (TPSA) is 110 Å². The SMILES string of the molecule is NCCN.O=S(O)O. The summed E-state index contributed by atoms with van der Waals surface area (Å²) in [4.78, 5) is 0. The highest BCUT2D eigenvalue weighted by Crippen LogP contribution is 1.44. The van der Waals surface area contributed by atoms with Gasteiger partial charge in [-0.15, -0.1) is 0 Å². The van der Waals surface area contributed by atoms with Crippen LogP contribution in [0.15, 0.2) is 0 Å². The molecule has 0 aliphatic heterocycles. The Hall–Kier alpha value is -0.0100. The molecule has 0 aromatic rings. The largest absolute Gasteiger partial charge is 0.329 e. The van der Waals surface area contributed by atoms with Gasteiger partial charge in [-0.05, 0) is 0 Å². The Bertz CT molecular complexity index is 53.2. The summed E-state index contributed by atoms with van der Waals surface area (Å²) >= 11 is -2.61. The predicted octanol–water partition coefficient (Wildman–Crippen LogP) is -1.42. The van der Waals surface area contributed by atoms with Gasteiger partial charge in [0.25, 0.3) is 11.4 Å². The molecule has 0 atom stereocenters. The van der Waals surface area contributed by atoms with Gasteiger partial charge in [-0.1, -0.05) is 0 Å². The first kappa shape index (κ1) is 10.9. The molecule has 0 rings (SSSR count). The lowest BCUT2D eigenvalue weighted by Gasteiger charge is -1.72. The predicted molar refractivity (Wildman–Crippen MR) is 31.5 cm³/mol. The molecule has 0 unspecified atom stereocenters. The average molecular weight is 142 g/mol. The van der Waals surface area contributed by atoms with Gasteiger partial charge in [0.2, 0.25) is 0 Å². The van der Waals surface area contributed by atoms with E-state index in [1.165, 1.54) is 0 Å². The van der Waals surface area contributed by atoms with E-state index < -0.39 is 11.4 Å². The van der Waals surface area contributed by atoms with E-state index in [1.807, 2.05) is 0 Å². The quantitative estimate of drug-likeness (QED) is 0.336. The van der Waals surface area contributed by atoms with Crippen LogP contribution in [0.5, 0.6) is 0 Å². The van der Waals surface area contributed by atoms with Gasteiger partial charge in [0.15, 0.2) is 0 Å². The van der Waals surface area contributed by atoms with E-state index in [0.29, 0.717) is 13.1 Å². The summed E-state index contributed by atoms with van der Waals surface area (Å²) < 4.78 is 22.8. The van der Waals surface area contributed by atoms with Gasteiger partial charge < -0.3 is 11.5 Å². The van der Waals surface area contributed by atoms with E-state index in [0.717, 1.165) is 0 Å². The first-order valence-electron chi connectivity index (χ1n) is 1.85. The van der Waals surface area contributed by atoms with Crippen molar-refractivity contribution >= 4 is 11.4 Å². The van der Waals surface area contributed by atoms with E-state index in [2.05, 4.69) is 0 Å². The van der Waals surface area contributed by atoms with Crippen LogP contribution in [0, 0.1) is 0 Å². The Morgan fingerprint density at radius 1 is 1.25 bits per heavy atom. The molecule has 0 amide bonds. The fraction of sp³-hybridized carbons (Fsp3) is 1.00. The lowest BCUT2D eigenvalue weighted by atomic mass is 10.7. The van der Waals surface area contributed by atoms with Crippen molar-refractivity contribution in [3.63, 3.8) is 0 Å². The molecule has 0 heterocycles. The second-order valence-corrected chi connectivity index (χ2v) is 1.27. The lowest BCUT2D eigenvalue weighted by molar-refractivity contribution is 0.454. The number of rotatable bonds is 1. The molecule has 0 fully saturated rings. The summed E-state index contributed by atoms with van der Waals surface area (Å²) in [7, 11) is 0. The van der Waals surface area contributed by atoms with Crippen LogP contribution in [0.4, 0.5) is 0 Å². The summed E-state index contributed by atoms with van der Waals surface area (Å²) in [6.07, 6.45) is 0. The molecule has 6 heteroatoms. The first-order valence-corrected chi connectivity index (χ1v) is 2.91. The van der Waals surface area contributed by atoms with Crippen molar-refractivity contribution in [1.82, 2.24) is 0 Å². The van der Waals surface area contributed by atoms with Crippen molar-refractivity contribution in [2.45, 2.75) is 0 Å². The molecule has 0 aliphatic rings. The molecule has 0 saturated carbocycles. The normalized spacial score (nSPS) is 8.12. The van der Waals surface area contributed by atoms with Crippen LogP contribution in [0.1, 0.15) is 0 Å². The van der Waals surface area contributed by atoms with E-state index in [1.54, 1.807) is 0 Å². The van der Waals surface area contributed by atoms with Crippen molar-refractivity contribution in [3.05, 3.63) is 0 Å². The summed E-state index contributed by atoms with van der Waals surface area (Å²) in [5.74, 6) is 0. The zero-order chi connectivity index (χ0) is 6.99. The minimum Gasteiger partial charge on any atom is -0.329 e. The molecule has 0 aromatic heterocycles. The second-order valence-electron chi connectivity index (χ2n) is 0.808. The van der Waals surface area contributed by atoms with Crippen LogP contribution in [-0.4, -0.2) is 26.4 Å². The minimum absolute atomic E-state index is 0.597. The Labute approximate surface area is 50.2 Å². The maximum Gasteiger partial charge on any atom is 0.299 e. The Kier molecular flexibility index (Phi) is 13.7. The standard InChI is InChI=1S/C2H8N2.H2O3S/c3-1-2-4;1-4(2)3/h1-4H2;(H2,1,2,3). The third kappa shape index (κ3) is 152. The smallest absolute Gasteiger partial charge is 0.299 e. The molecule has 0 bridgehead atoms. The van der Waals surface area contributed by atoms with Gasteiger partial charge in [0.05, 0.1) is 0 Å². The molecule has 8 heavy (non-hydrogen) atoms. The third-order valence-corrected chi connectivity index (χ3v) is 0.167. The fourth-order valence-electron chi connectivity index (χ4n) is 0. The van der Waals surface area contributed by atoms with Crippen LogP contribution in [-0.2, 0) is 11.4 Å². The van der Waals surface area contributed by atoms with Gasteiger partial charge in [-0.3, -0.25) is 9.11 Å². The van der Waals surface area contributed by atoms with Crippen LogP contribution in [0.25, 0.3) is 0 Å². The second kappa shape index (κ2) is 10.1. The Morgan fingerprint density at radius 3 is 1.38 bits per heavy atom. The fourth-order valence-corrected chi connectivity index (χ4v) is 0.